The number of aromatic hydroxyl groups is 1. The molecule has 0 bridgehead atoms. The maximum Gasteiger partial charge on any atom is 0.317 e. The van der Waals surface area contributed by atoms with Crippen LogP contribution in [0.4, 0.5) is 5.69 Å². The number of thiocarbonyl (C=S) groups is 1. The van der Waals surface area contributed by atoms with Gasteiger partial charge in [0.15, 0.2) is 5.11 Å². The molecule has 0 radical (unpaired) electrons. The predicted octanol–water partition coefficient (Wildman–Crippen LogP) is 2.16. The summed E-state index contributed by atoms with van der Waals surface area (Å²) in [4.78, 5) is 20.3. The number of anilines is 1. The largest absolute Gasteiger partial charge is 0.508 e. The number of rotatable bonds is 7. The Morgan fingerprint density at radius 3 is 2.21 bits per heavy atom. The fraction of sp³-hybridized carbons (Fsp3) is 0.500. The molecular weight excluding hydrogens is 500 g/mol. The van der Waals surface area contributed by atoms with Crippen LogP contribution in [-0.4, -0.2) is 121 Å². The Labute approximate surface area is 232 Å². The molecule has 1 aliphatic heterocycles. The third kappa shape index (κ3) is 10.2. The summed E-state index contributed by atoms with van der Waals surface area (Å²) in [6, 6.07) is 15.9. The minimum atomic E-state index is -0.777. The molecule has 1 heterocycles. The molecule has 0 saturated carbocycles. The van der Waals surface area contributed by atoms with Gasteiger partial charge < -0.3 is 30.6 Å². The van der Waals surface area contributed by atoms with Gasteiger partial charge in [-0.25, -0.2) is 0 Å². The number of hydrogen-bond acceptors (Lipinski definition) is 7. The second kappa shape index (κ2) is 15.0. The van der Waals surface area contributed by atoms with Gasteiger partial charge in [0.05, 0.1) is 6.54 Å². The first-order valence-corrected chi connectivity index (χ1v) is 13.5. The number of likely N-dealkylation sites (N-methyl/N-ethyl adjacent to an activating group) is 3. The first kappa shape index (κ1) is 29.8. The van der Waals surface area contributed by atoms with Gasteiger partial charge in [0.25, 0.3) is 0 Å². The molecule has 2 aromatic carbocycles. The van der Waals surface area contributed by atoms with Crippen LogP contribution in [0.1, 0.15) is 17.2 Å². The highest BCUT2D eigenvalue weighted by Gasteiger charge is 2.21. The van der Waals surface area contributed by atoms with Crippen LogP contribution in [0, 0.1) is 0 Å². The van der Waals surface area contributed by atoms with Crippen molar-refractivity contribution in [2.45, 2.75) is 12.5 Å². The van der Waals surface area contributed by atoms with Crippen LogP contribution in [0.5, 0.6) is 5.75 Å². The van der Waals surface area contributed by atoms with Gasteiger partial charge in [0.2, 0.25) is 0 Å². The average Bonchev–Trinajstić information content (AvgIpc) is 2.88. The molecule has 1 fully saturated rings. The standard InChI is InChI=1S/C28H42N6O3S/c1-31-14-17-33(3)26(20-32(2)16-19-34(18-15-31)21-27(36)37)23-6-8-24(9-7-23)30-28(38)29-13-12-22-4-10-25(35)11-5-22/h4-11,26,35H,12-21H2,1-3H3,(H,36,37)(H2,29,30,38). The van der Waals surface area contributed by atoms with Crippen LogP contribution in [0.3, 0.4) is 0 Å². The van der Waals surface area contributed by atoms with Crippen LogP contribution in [0.25, 0.3) is 0 Å². The second-order valence-electron chi connectivity index (χ2n) is 10.2. The summed E-state index contributed by atoms with van der Waals surface area (Å²) < 4.78 is 0. The van der Waals surface area contributed by atoms with Gasteiger partial charge in [-0.2, -0.15) is 0 Å². The van der Waals surface area contributed by atoms with Crippen LogP contribution < -0.4 is 10.6 Å². The maximum atomic E-state index is 11.3. The Balaban J connectivity index is 1.57. The molecule has 1 aliphatic rings. The lowest BCUT2D eigenvalue weighted by Crippen LogP contribution is -2.45. The minimum Gasteiger partial charge on any atom is -0.508 e. The SMILES string of the molecule is CN1CCN(CC(=O)O)CCN(C)CC(c2ccc(NC(=S)NCCc3ccc(O)cc3)cc2)N(C)CC1. The zero-order valence-corrected chi connectivity index (χ0v) is 23.6. The number of aliphatic carboxylic acids is 1. The Bertz CT molecular complexity index is 1020. The first-order chi connectivity index (χ1) is 18.2. The van der Waals surface area contributed by atoms with E-state index in [0.29, 0.717) is 11.7 Å². The highest BCUT2D eigenvalue weighted by Crippen LogP contribution is 2.23. The quantitative estimate of drug-likeness (QED) is 0.390. The Morgan fingerprint density at radius 2 is 1.55 bits per heavy atom. The van der Waals surface area contributed by atoms with E-state index in [0.717, 1.165) is 63.5 Å². The van der Waals surface area contributed by atoms with E-state index in [9.17, 15) is 15.0 Å². The van der Waals surface area contributed by atoms with Gasteiger partial charge in [-0.05, 0) is 75.2 Å². The summed E-state index contributed by atoms with van der Waals surface area (Å²) in [5, 5.41) is 25.8. The number of phenolic OH excluding ortho intramolecular Hbond substituents is 1. The molecular formula is C28H42N6O3S. The zero-order chi connectivity index (χ0) is 27.5. The lowest BCUT2D eigenvalue weighted by Gasteiger charge is -2.35. The number of phenols is 1. The molecule has 0 amide bonds. The molecule has 208 valence electrons. The van der Waals surface area contributed by atoms with E-state index < -0.39 is 5.97 Å². The number of carboxylic acids is 1. The van der Waals surface area contributed by atoms with Crippen molar-refractivity contribution in [3.8, 4) is 5.75 Å². The molecule has 9 nitrogen and oxygen atoms in total. The molecule has 3 rings (SSSR count). The summed E-state index contributed by atoms with van der Waals surface area (Å²) in [6.45, 7) is 6.61. The van der Waals surface area contributed by atoms with E-state index in [-0.39, 0.29) is 18.3 Å². The number of hydrogen-bond donors (Lipinski definition) is 4. The highest BCUT2D eigenvalue weighted by atomic mass is 32.1. The highest BCUT2D eigenvalue weighted by molar-refractivity contribution is 7.80. The second-order valence-corrected chi connectivity index (χ2v) is 10.6. The van der Waals surface area contributed by atoms with Crippen molar-refractivity contribution < 1.29 is 15.0 Å². The monoisotopic (exact) mass is 542 g/mol. The van der Waals surface area contributed by atoms with E-state index in [2.05, 4.69) is 70.7 Å². The normalized spacial score (nSPS) is 19.3. The summed E-state index contributed by atoms with van der Waals surface area (Å²) >= 11 is 5.47. The summed E-state index contributed by atoms with van der Waals surface area (Å²) in [5.74, 6) is -0.507. The molecule has 0 aliphatic carbocycles. The average molecular weight is 543 g/mol. The Kier molecular flexibility index (Phi) is 11.8. The molecule has 2 aromatic rings. The molecule has 38 heavy (non-hydrogen) atoms. The molecule has 1 unspecified atom stereocenters. The molecule has 1 saturated heterocycles. The number of benzene rings is 2. The molecule has 4 N–H and O–H groups in total. The van der Waals surface area contributed by atoms with Crippen molar-refractivity contribution in [3.63, 3.8) is 0 Å². The fourth-order valence-electron chi connectivity index (χ4n) is 4.51. The van der Waals surface area contributed by atoms with E-state index in [1.165, 1.54) is 5.56 Å². The van der Waals surface area contributed by atoms with Gasteiger partial charge in [0, 0.05) is 64.1 Å². The lowest BCUT2D eigenvalue weighted by atomic mass is 10.0. The van der Waals surface area contributed by atoms with E-state index in [1.54, 1.807) is 12.1 Å². The zero-order valence-electron chi connectivity index (χ0n) is 22.8. The van der Waals surface area contributed by atoms with Crippen LogP contribution in [0.2, 0.25) is 0 Å². The number of carbonyl (C=O) groups is 1. The molecule has 0 aromatic heterocycles. The number of nitrogens with zero attached hydrogens (tertiary/aromatic N) is 4. The van der Waals surface area contributed by atoms with Crippen LogP contribution in [0.15, 0.2) is 48.5 Å². The third-order valence-corrected chi connectivity index (χ3v) is 7.24. The molecule has 10 heteroatoms. The van der Waals surface area contributed by atoms with Gasteiger partial charge in [-0.3, -0.25) is 14.6 Å². The Morgan fingerprint density at radius 1 is 0.921 bits per heavy atom. The first-order valence-electron chi connectivity index (χ1n) is 13.1. The Hall–Kier alpha value is -2.76. The van der Waals surface area contributed by atoms with Gasteiger partial charge in [-0.1, -0.05) is 24.3 Å². The number of nitrogens with one attached hydrogen (secondary N) is 2. The van der Waals surface area contributed by atoms with Crippen molar-refractivity contribution in [2.24, 2.45) is 0 Å². The lowest BCUT2D eigenvalue weighted by molar-refractivity contribution is -0.138. The van der Waals surface area contributed by atoms with Crippen LogP contribution in [-0.2, 0) is 11.2 Å². The van der Waals surface area contributed by atoms with E-state index >= 15 is 0 Å². The van der Waals surface area contributed by atoms with Gasteiger partial charge >= 0.3 is 5.97 Å². The number of carboxylic acid groups (broad SMARTS) is 1. The van der Waals surface area contributed by atoms with E-state index in [4.69, 9.17) is 12.2 Å². The van der Waals surface area contributed by atoms with Crippen molar-refractivity contribution in [2.75, 3.05) is 85.4 Å². The van der Waals surface area contributed by atoms with Gasteiger partial charge in [0.1, 0.15) is 5.75 Å². The summed E-state index contributed by atoms with van der Waals surface area (Å²) in [5.41, 5.74) is 3.30. The third-order valence-electron chi connectivity index (χ3n) is 6.99. The minimum absolute atomic E-state index is 0.0764. The van der Waals surface area contributed by atoms with Gasteiger partial charge in [-0.15, -0.1) is 0 Å². The topological polar surface area (TPSA) is 94.5 Å². The van der Waals surface area contributed by atoms with Crippen molar-refractivity contribution >= 4 is 29.0 Å². The smallest absolute Gasteiger partial charge is 0.317 e. The van der Waals surface area contributed by atoms with Crippen molar-refractivity contribution in [1.82, 2.24) is 24.9 Å². The van der Waals surface area contributed by atoms with Crippen molar-refractivity contribution in [3.05, 3.63) is 59.7 Å². The molecule has 0 spiro atoms. The predicted molar refractivity (Wildman–Crippen MR) is 157 cm³/mol. The van der Waals surface area contributed by atoms with Crippen LogP contribution >= 0.6 is 12.2 Å². The summed E-state index contributed by atoms with van der Waals surface area (Å²) in [6.07, 6.45) is 0.811. The summed E-state index contributed by atoms with van der Waals surface area (Å²) in [7, 11) is 6.38. The fourth-order valence-corrected chi connectivity index (χ4v) is 4.73. The van der Waals surface area contributed by atoms with Crippen molar-refractivity contribution in [1.29, 1.82) is 0 Å². The van der Waals surface area contributed by atoms with E-state index in [1.807, 2.05) is 17.0 Å². The molecule has 1 atom stereocenters. The maximum absolute atomic E-state index is 11.3.